The van der Waals surface area contributed by atoms with Gasteiger partial charge in [-0.05, 0) is 60.6 Å². The topological polar surface area (TPSA) is 68.2 Å². The van der Waals surface area contributed by atoms with Crippen LogP contribution in [0.15, 0.2) is 54.6 Å². The molecule has 33 heavy (non-hydrogen) atoms. The number of hydrogen-bond donors (Lipinski definition) is 2. The van der Waals surface area contributed by atoms with E-state index in [9.17, 15) is 10.2 Å². The van der Waals surface area contributed by atoms with Crippen LogP contribution in [0.1, 0.15) is 54.9 Å². The second-order valence-electron chi connectivity index (χ2n) is 8.84. The molecule has 1 fully saturated rings. The normalized spacial score (nSPS) is 25.2. The fourth-order valence-corrected chi connectivity index (χ4v) is 4.64. The Kier molecular flexibility index (Phi) is 8.82. The lowest BCUT2D eigenvalue weighted by Crippen LogP contribution is -2.33. The zero-order valence-corrected chi connectivity index (χ0v) is 19.6. The number of ether oxygens (including phenoxy) is 3. The SMILES string of the molecule is OCC1CC(O)CC(c2ccc(Cl)c(Cc3ccc(OCCOC4C=CCCC4)cc3)c2)O1. The van der Waals surface area contributed by atoms with Crippen LogP contribution in [-0.2, 0) is 15.9 Å². The van der Waals surface area contributed by atoms with Crippen molar-refractivity contribution in [1.82, 2.24) is 0 Å². The molecule has 1 aliphatic heterocycles. The molecule has 2 N–H and O–H groups in total. The van der Waals surface area contributed by atoms with Gasteiger partial charge in [-0.15, -0.1) is 0 Å². The molecule has 0 radical (unpaired) electrons. The van der Waals surface area contributed by atoms with Gasteiger partial charge in [0.2, 0.25) is 0 Å². The van der Waals surface area contributed by atoms with E-state index in [0.717, 1.165) is 35.3 Å². The molecule has 0 amide bonds. The highest BCUT2D eigenvalue weighted by molar-refractivity contribution is 6.31. The highest BCUT2D eigenvalue weighted by Gasteiger charge is 2.29. The van der Waals surface area contributed by atoms with Crippen molar-refractivity contribution in [2.75, 3.05) is 19.8 Å². The van der Waals surface area contributed by atoms with Gasteiger partial charge in [0.05, 0.1) is 37.6 Å². The van der Waals surface area contributed by atoms with Gasteiger partial charge in [-0.3, -0.25) is 0 Å². The predicted molar refractivity (Wildman–Crippen MR) is 129 cm³/mol. The van der Waals surface area contributed by atoms with Gasteiger partial charge in [-0.2, -0.15) is 0 Å². The minimum atomic E-state index is -0.475. The molecular weight excluding hydrogens is 440 g/mol. The van der Waals surface area contributed by atoms with Crippen LogP contribution in [-0.4, -0.2) is 48.3 Å². The fraction of sp³-hybridized carbons (Fsp3) is 0.481. The average Bonchev–Trinajstić information content (AvgIpc) is 2.84. The van der Waals surface area contributed by atoms with Crippen molar-refractivity contribution in [2.45, 2.75) is 62.9 Å². The van der Waals surface area contributed by atoms with Gasteiger partial charge < -0.3 is 24.4 Å². The minimum absolute atomic E-state index is 0.0911. The molecule has 1 saturated heterocycles. The van der Waals surface area contributed by atoms with Gasteiger partial charge >= 0.3 is 0 Å². The Balaban J connectivity index is 1.31. The number of aliphatic hydroxyl groups excluding tert-OH is 2. The summed E-state index contributed by atoms with van der Waals surface area (Å²) >= 11 is 6.48. The maximum Gasteiger partial charge on any atom is 0.119 e. The van der Waals surface area contributed by atoms with E-state index in [-0.39, 0.29) is 24.9 Å². The second kappa shape index (κ2) is 12.0. The summed E-state index contributed by atoms with van der Waals surface area (Å²) in [4.78, 5) is 0. The van der Waals surface area contributed by atoms with Crippen LogP contribution in [0.25, 0.3) is 0 Å². The van der Waals surface area contributed by atoms with Crippen molar-refractivity contribution in [1.29, 1.82) is 0 Å². The molecule has 2 aromatic carbocycles. The van der Waals surface area contributed by atoms with Crippen LogP contribution in [0.4, 0.5) is 0 Å². The standard InChI is InChI=1S/C27H33ClO5/c28-26-11-8-20(27-17-22(30)16-25(18-29)33-27)15-21(26)14-19-6-9-24(10-7-19)32-13-12-31-23-4-2-1-3-5-23/h2,4,6-11,15,22-23,25,27,29-30H,1,3,5,12-14,16-18H2. The van der Waals surface area contributed by atoms with Crippen molar-refractivity contribution >= 4 is 11.6 Å². The first-order valence-electron chi connectivity index (χ1n) is 11.8. The third-order valence-electron chi connectivity index (χ3n) is 6.24. The van der Waals surface area contributed by atoms with Crippen LogP contribution in [0.5, 0.6) is 5.75 Å². The number of aliphatic hydroxyl groups is 2. The molecule has 0 aromatic heterocycles. The van der Waals surface area contributed by atoms with Crippen molar-refractivity contribution < 1.29 is 24.4 Å². The summed E-state index contributed by atoms with van der Waals surface area (Å²) in [6.07, 6.45) is 8.59. The fourth-order valence-electron chi connectivity index (χ4n) is 4.46. The highest BCUT2D eigenvalue weighted by Crippen LogP contribution is 2.33. The summed E-state index contributed by atoms with van der Waals surface area (Å²) in [5.41, 5.74) is 3.10. The smallest absolute Gasteiger partial charge is 0.119 e. The minimum Gasteiger partial charge on any atom is -0.491 e. The monoisotopic (exact) mass is 472 g/mol. The highest BCUT2D eigenvalue weighted by atomic mass is 35.5. The Bertz CT molecular complexity index is 913. The lowest BCUT2D eigenvalue weighted by molar-refractivity contribution is -0.113. The largest absolute Gasteiger partial charge is 0.491 e. The van der Waals surface area contributed by atoms with Crippen molar-refractivity contribution in [2.24, 2.45) is 0 Å². The summed E-state index contributed by atoms with van der Waals surface area (Å²) in [7, 11) is 0. The van der Waals surface area contributed by atoms with Gasteiger partial charge in [0, 0.05) is 17.9 Å². The van der Waals surface area contributed by atoms with Crippen LogP contribution in [0, 0.1) is 0 Å². The summed E-state index contributed by atoms with van der Waals surface area (Å²) in [6.45, 7) is 1.01. The summed E-state index contributed by atoms with van der Waals surface area (Å²) in [5, 5.41) is 20.3. The zero-order chi connectivity index (χ0) is 23.0. The summed E-state index contributed by atoms with van der Waals surface area (Å²) < 4.78 is 17.6. The van der Waals surface area contributed by atoms with Crippen LogP contribution in [0.2, 0.25) is 5.02 Å². The van der Waals surface area contributed by atoms with E-state index in [1.807, 2.05) is 42.5 Å². The molecule has 4 rings (SSSR count). The third-order valence-corrected chi connectivity index (χ3v) is 6.60. The molecule has 1 aliphatic carbocycles. The van der Waals surface area contributed by atoms with Gasteiger partial charge in [0.25, 0.3) is 0 Å². The second-order valence-corrected chi connectivity index (χ2v) is 9.25. The quantitative estimate of drug-likeness (QED) is 0.396. The first kappa shape index (κ1) is 24.2. The van der Waals surface area contributed by atoms with E-state index in [1.165, 1.54) is 6.42 Å². The van der Waals surface area contributed by atoms with Gasteiger partial charge in [-0.25, -0.2) is 0 Å². The molecule has 178 valence electrons. The molecule has 0 bridgehead atoms. The molecule has 6 heteroatoms. The Morgan fingerprint density at radius 2 is 1.91 bits per heavy atom. The van der Waals surface area contributed by atoms with Crippen molar-refractivity contribution in [3.05, 3.63) is 76.3 Å². The molecule has 1 heterocycles. The molecular formula is C27H33ClO5. The average molecular weight is 473 g/mol. The van der Waals surface area contributed by atoms with Crippen LogP contribution >= 0.6 is 11.6 Å². The zero-order valence-electron chi connectivity index (χ0n) is 18.9. The van der Waals surface area contributed by atoms with Crippen molar-refractivity contribution in [3.8, 4) is 5.75 Å². The third kappa shape index (κ3) is 7.05. The first-order valence-corrected chi connectivity index (χ1v) is 12.2. The van der Waals surface area contributed by atoms with E-state index in [0.29, 0.717) is 37.5 Å². The molecule has 0 saturated carbocycles. The molecule has 0 spiro atoms. The number of rotatable bonds is 9. The molecule has 4 unspecified atom stereocenters. The maximum absolute atomic E-state index is 10.1. The number of allylic oxidation sites excluding steroid dienone is 1. The number of hydrogen-bond acceptors (Lipinski definition) is 5. The Morgan fingerprint density at radius 3 is 2.67 bits per heavy atom. The molecule has 4 atom stereocenters. The van der Waals surface area contributed by atoms with E-state index in [2.05, 4.69) is 12.2 Å². The Labute approximate surface area is 200 Å². The van der Waals surface area contributed by atoms with E-state index < -0.39 is 6.10 Å². The number of halogens is 1. The van der Waals surface area contributed by atoms with E-state index >= 15 is 0 Å². The Hall–Kier alpha value is -1.89. The van der Waals surface area contributed by atoms with Crippen molar-refractivity contribution in [3.63, 3.8) is 0 Å². The maximum atomic E-state index is 10.1. The van der Waals surface area contributed by atoms with Gasteiger partial charge in [-0.1, -0.05) is 48.0 Å². The lowest BCUT2D eigenvalue weighted by Gasteiger charge is -2.32. The lowest BCUT2D eigenvalue weighted by atomic mass is 9.94. The van der Waals surface area contributed by atoms with Gasteiger partial charge in [0.15, 0.2) is 0 Å². The van der Waals surface area contributed by atoms with Crippen LogP contribution < -0.4 is 4.74 Å². The number of benzene rings is 2. The molecule has 2 aromatic rings. The first-order chi connectivity index (χ1) is 16.1. The van der Waals surface area contributed by atoms with Crippen LogP contribution in [0.3, 0.4) is 0 Å². The molecule has 5 nitrogen and oxygen atoms in total. The Morgan fingerprint density at radius 1 is 1.06 bits per heavy atom. The molecule has 2 aliphatic rings. The van der Waals surface area contributed by atoms with E-state index in [1.54, 1.807) is 0 Å². The predicted octanol–water partition coefficient (Wildman–Crippen LogP) is 5.01. The van der Waals surface area contributed by atoms with Gasteiger partial charge in [0.1, 0.15) is 12.4 Å². The summed E-state index contributed by atoms with van der Waals surface area (Å²) in [6, 6.07) is 13.9. The van der Waals surface area contributed by atoms with E-state index in [4.69, 9.17) is 25.8 Å². The summed E-state index contributed by atoms with van der Waals surface area (Å²) in [5.74, 6) is 0.820.